The van der Waals surface area contributed by atoms with E-state index < -0.39 is 4.92 Å². The van der Waals surface area contributed by atoms with Gasteiger partial charge in [0.1, 0.15) is 5.52 Å². The van der Waals surface area contributed by atoms with Crippen LogP contribution in [0.2, 0.25) is 0 Å². The van der Waals surface area contributed by atoms with Gasteiger partial charge in [-0.05, 0) is 28.6 Å². The molecule has 0 amide bonds. The number of nitrogens with one attached hydrogen (secondary N) is 1. The molecule has 2 aromatic heterocycles. The second-order valence-electron chi connectivity index (χ2n) is 3.19. The lowest BCUT2D eigenvalue weighted by molar-refractivity contribution is -0.387. The number of pyridine rings is 1. The first-order valence-corrected chi connectivity index (χ1v) is 4.47. The van der Waals surface area contributed by atoms with Crippen LogP contribution < -0.4 is 5.32 Å². The number of nitro groups is 1. The van der Waals surface area contributed by atoms with E-state index >= 15 is 0 Å². The third kappa shape index (κ3) is 1.66. The molecule has 0 atom stereocenters. The van der Waals surface area contributed by atoms with Crippen molar-refractivity contribution in [2.45, 2.75) is 6.54 Å². The molecular weight excluding hydrogens is 196 g/mol. The minimum absolute atomic E-state index is 0.106. The molecule has 0 saturated heterocycles. The second kappa shape index (κ2) is 3.66. The molecule has 15 heavy (non-hydrogen) atoms. The zero-order chi connectivity index (χ0) is 10.8. The van der Waals surface area contributed by atoms with Gasteiger partial charge in [-0.2, -0.15) is 0 Å². The van der Waals surface area contributed by atoms with Gasteiger partial charge in [0, 0.05) is 12.7 Å². The molecule has 0 saturated carbocycles. The molecule has 6 heteroatoms. The van der Waals surface area contributed by atoms with Crippen molar-refractivity contribution >= 4 is 11.3 Å². The summed E-state index contributed by atoms with van der Waals surface area (Å²) in [4.78, 5) is 13.9. The van der Waals surface area contributed by atoms with Gasteiger partial charge in [-0.1, -0.05) is 6.07 Å². The van der Waals surface area contributed by atoms with E-state index in [1.165, 1.54) is 6.33 Å². The minimum Gasteiger partial charge on any atom is -0.358 e. The highest BCUT2D eigenvalue weighted by Gasteiger charge is 2.14. The van der Waals surface area contributed by atoms with Crippen molar-refractivity contribution in [3.63, 3.8) is 0 Å². The highest BCUT2D eigenvalue weighted by molar-refractivity contribution is 5.61. The molecule has 0 bridgehead atoms. The van der Waals surface area contributed by atoms with Crippen molar-refractivity contribution in [3.8, 4) is 0 Å². The van der Waals surface area contributed by atoms with Gasteiger partial charge in [0.15, 0.2) is 0 Å². The lowest BCUT2D eigenvalue weighted by Crippen LogP contribution is -2.05. The Kier molecular flexibility index (Phi) is 2.34. The summed E-state index contributed by atoms with van der Waals surface area (Å²) in [5, 5.41) is 13.6. The van der Waals surface area contributed by atoms with Gasteiger partial charge < -0.3 is 15.4 Å². The molecular formula is C9H10N4O2. The monoisotopic (exact) mass is 206 g/mol. The number of aromatic nitrogens is 2. The van der Waals surface area contributed by atoms with Gasteiger partial charge in [-0.15, -0.1) is 0 Å². The highest BCUT2D eigenvalue weighted by Crippen LogP contribution is 2.17. The fraction of sp³-hybridized carbons (Fsp3) is 0.222. The fourth-order valence-corrected chi connectivity index (χ4v) is 1.48. The highest BCUT2D eigenvalue weighted by atomic mass is 16.6. The van der Waals surface area contributed by atoms with E-state index in [0.29, 0.717) is 5.52 Å². The number of nitrogens with zero attached hydrogens (tertiary/aromatic N) is 3. The molecule has 0 fully saturated rings. The lowest BCUT2D eigenvalue weighted by Gasteiger charge is -2.00. The molecule has 0 aliphatic heterocycles. The number of rotatable bonds is 3. The Hall–Kier alpha value is -1.95. The van der Waals surface area contributed by atoms with Gasteiger partial charge in [0.25, 0.3) is 0 Å². The number of hydrogen-bond donors (Lipinski definition) is 1. The summed E-state index contributed by atoms with van der Waals surface area (Å²) >= 11 is 0. The van der Waals surface area contributed by atoms with Crippen LogP contribution in [-0.2, 0) is 6.54 Å². The quantitative estimate of drug-likeness (QED) is 0.599. The van der Waals surface area contributed by atoms with Crippen molar-refractivity contribution in [3.05, 3.63) is 40.3 Å². The Labute approximate surface area is 85.7 Å². The van der Waals surface area contributed by atoms with Crippen LogP contribution in [0.15, 0.2) is 24.7 Å². The first kappa shape index (κ1) is 9.60. The third-order valence-electron chi connectivity index (χ3n) is 2.13. The molecule has 0 spiro atoms. The van der Waals surface area contributed by atoms with E-state index in [9.17, 15) is 10.1 Å². The van der Waals surface area contributed by atoms with Crippen LogP contribution in [0, 0.1) is 10.1 Å². The first-order chi connectivity index (χ1) is 7.22. The van der Waals surface area contributed by atoms with Crippen LogP contribution in [0.25, 0.3) is 5.52 Å². The van der Waals surface area contributed by atoms with Gasteiger partial charge in [-0.3, -0.25) is 4.40 Å². The van der Waals surface area contributed by atoms with Crippen LogP contribution >= 0.6 is 0 Å². The Balaban J connectivity index is 2.51. The Morgan fingerprint density at radius 2 is 2.40 bits per heavy atom. The first-order valence-electron chi connectivity index (χ1n) is 4.47. The molecule has 0 aliphatic rings. The van der Waals surface area contributed by atoms with Crippen molar-refractivity contribution in [2.24, 2.45) is 0 Å². The van der Waals surface area contributed by atoms with E-state index in [1.807, 2.05) is 19.3 Å². The second-order valence-corrected chi connectivity index (χ2v) is 3.19. The van der Waals surface area contributed by atoms with E-state index in [1.54, 1.807) is 10.5 Å². The average molecular weight is 206 g/mol. The van der Waals surface area contributed by atoms with Gasteiger partial charge in [0.2, 0.25) is 6.33 Å². The predicted molar refractivity (Wildman–Crippen MR) is 54.6 cm³/mol. The van der Waals surface area contributed by atoms with Crippen LogP contribution in [-0.4, -0.2) is 21.4 Å². The van der Waals surface area contributed by atoms with Crippen molar-refractivity contribution < 1.29 is 4.92 Å². The number of fused-ring (bicyclic) bond motifs is 1. The topological polar surface area (TPSA) is 72.5 Å². The summed E-state index contributed by atoms with van der Waals surface area (Å²) < 4.78 is 1.66. The lowest BCUT2D eigenvalue weighted by atomic mass is 10.2. The van der Waals surface area contributed by atoms with Crippen LogP contribution in [0.3, 0.4) is 0 Å². The molecule has 2 heterocycles. The van der Waals surface area contributed by atoms with E-state index in [2.05, 4.69) is 10.3 Å². The molecule has 6 nitrogen and oxygen atoms in total. The maximum Gasteiger partial charge on any atom is 0.389 e. The Bertz CT molecular complexity index is 506. The van der Waals surface area contributed by atoms with Gasteiger partial charge in [-0.25, -0.2) is 0 Å². The van der Waals surface area contributed by atoms with Crippen molar-refractivity contribution in [1.29, 1.82) is 0 Å². The molecule has 1 N–H and O–H groups in total. The predicted octanol–water partition coefficient (Wildman–Crippen LogP) is 0.962. The van der Waals surface area contributed by atoms with E-state index in [0.717, 1.165) is 12.1 Å². The van der Waals surface area contributed by atoms with Crippen LogP contribution in [0.4, 0.5) is 5.82 Å². The summed E-state index contributed by atoms with van der Waals surface area (Å²) in [5.74, 6) is -0.106. The largest absolute Gasteiger partial charge is 0.389 e. The Morgan fingerprint density at radius 1 is 1.60 bits per heavy atom. The molecule has 0 radical (unpaired) electrons. The number of imidazole rings is 1. The minimum atomic E-state index is -0.479. The van der Waals surface area contributed by atoms with E-state index in [4.69, 9.17) is 0 Å². The zero-order valence-electron chi connectivity index (χ0n) is 8.17. The average Bonchev–Trinajstić information content (AvgIpc) is 2.61. The molecule has 2 rings (SSSR count). The summed E-state index contributed by atoms with van der Waals surface area (Å²) in [6.45, 7) is 0.724. The molecule has 2 aromatic rings. The SMILES string of the molecule is CNCc1ccc2c([N+](=O)[O-])ncn2c1. The molecule has 78 valence electrons. The fourth-order valence-electron chi connectivity index (χ4n) is 1.48. The van der Waals surface area contributed by atoms with Gasteiger partial charge >= 0.3 is 5.82 Å². The van der Waals surface area contributed by atoms with Crippen molar-refractivity contribution in [1.82, 2.24) is 14.7 Å². The summed E-state index contributed by atoms with van der Waals surface area (Å²) in [6, 6.07) is 3.55. The van der Waals surface area contributed by atoms with Crippen LogP contribution in [0.1, 0.15) is 5.56 Å². The smallest absolute Gasteiger partial charge is 0.358 e. The normalized spacial score (nSPS) is 10.7. The summed E-state index contributed by atoms with van der Waals surface area (Å²) in [5.41, 5.74) is 1.57. The van der Waals surface area contributed by atoms with Crippen LogP contribution in [0.5, 0.6) is 0 Å². The van der Waals surface area contributed by atoms with Crippen molar-refractivity contribution in [2.75, 3.05) is 7.05 Å². The number of hydrogen-bond acceptors (Lipinski definition) is 4. The standard InChI is InChI=1S/C9H10N4O2/c1-10-4-7-2-3-8-9(13(14)15)11-6-12(8)5-7/h2-3,5-6,10H,4H2,1H3. The zero-order valence-corrected chi connectivity index (χ0v) is 8.17. The maximum atomic E-state index is 10.6. The summed E-state index contributed by atoms with van der Waals surface area (Å²) in [6.07, 6.45) is 3.28. The molecule has 0 aliphatic carbocycles. The third-order valence-corrected chi connectivity index (χ3v) is 2.13. The molecule has 0 aromatic carbocycles. The van der Waals surface area contributed by atoms with E-state index in [-0.39, 0.29) is 5.82 Å². The summed E-state index contributed by atoms with van der Waals surface area (Å²) in [7, 11) is 1.85. The molecule has 0 unspecified atom stereocenters. The maximum absolute atomic E-state index is 10.6. The van der Waals surface area contributed by atoms with Gasteiger partial charge in [0.05, 0.1) is 0 Å². The Morgan fingerprint density at radius 3 is 3.07 bits per heavy atom.